The van der Waals surface area contributed by atoms with Gasteiger partial charge in [0.1, 0.15) is 5.52 Å². The Balaban J connectivity index is 1.56. The molecule has 4 aromatic rings. The van der Waals surface area contributed by atoms with E-state index in [0.29, 0.717) is 16.7 Å². The number of fused-ring (bicyclic) bond motifs is 2. The van der Waals surface area contributed by atoms with Gasteiger partial charge in [-0.15, -0.1) is 0 Å². The lowest BCUT2D eigenvalue weighted by Gasteiger charge is -2.34. The van der Waals surface area contributed by atoms with Crippen LogP contribution in [0.5, 0.6) is 0 Å². The average Bonchev–Trinajstić information content (AvgIpc) is 3.33. The number of benzene rings is 1. The van der Waals surface area contributed by atoms with Gasteiger partial charge in [0.2, 0.25) is 5.95 Å². The fourth-order valence-electron chi connectivity index (χ4n) is 4.40. The van der Waals surface area contributed by atoms with Gasteiger partial charge in [-0.3, -0.25) is 4.79 Å². The minimum atomic E-state index is -1.37. The van der Waals surface area contributed by atoms with Gasteiger partial charge in [0.25, 0.3) is 5.91 Å². The van der Waals surface area contributed by atoms with E-state index in [4.69, 9.17) is 11.5 Å². The molecule has 12 nitrogen and oxygen atoms in total. The Morgan fingerprint density at radius 2 is 2.06 bits per heavy atom. The van der Waals surface area contributed by atoms with Crippen molar-refractivity contribution in [2.75, 3.05) is 24.6 Å². The molecule has 3 aromatic heterocycles. The van der Waals surface area contributed by atoms with Crippen LogP contribution in [0.3, 0.4) is 0 Å². The van der Waals surface area contributed by atoms with Crippen LogP contribution in [0.25, 0.3) is 22.2 Å². The number of nitrogens with one attached hydrogen (secondary N) is 1. The molecule has 0 aliphatic carbocycles. The lowest BCUT2D eigenvalue weighted by atomic mass is 9.91. The maximum absolute atomic E-state index is 13.4. The van der Waals surface area contributed by atoms with Crippen molar-refractivity contribution in [1.29, 1.82) is 0 Å². The number of imidazole rings is 2. The third-order valence-electron chi connectivity index (χ3n) is 5.95. The number of aliphatic hydroxyl groups excluding tert-OH is 1. The molecule has 4 heterocycles. The molecule has 166 valence electrons. The highest BCUT2D eigenvalue weighted by Gasteiger charge is 2.42. The quantitative estimate of drug-likeness (QED) is 0.289. The van der Waals surface area contributed by atoms with Gasteiger partial charge in [-0.2, -0.15) is 9.97 Å². The van der Waals surface area contributed by atoms with Crippen LogP contribution in [-0.4, -0.2) is 75.3 Å². The Morgan fingerprint density at radius 1 is 1.25 bits per heavy atom. The van der Waals surface area contributed by atoms with Crippen molar-refractivity contribution in [2.45, 2.75) is 31.1 Å². The number of likely N-dealkylation sites (tertiary alicyclic amines) is 1. The molecule has 1 aliphatic heterocycles. The average molecular weight is 437 g/mol. The normalized spacial score (nSPS) is 24.2. The molecule has 1 aromatic carbocycles. The fraction of sp³-hybridized carbons (Fsp3) is 0.350. The molecule has 1 saturated heterocycles. The van der Waals surface area contributed by atoms with Crippen LogP contribution in [-0.2, 0) is 0 Å². The van der Waals surface area contributed by atoms with Gasteiger partial charge in [-0.25, -0.2) is 9.97 Å². The van der Waals surface area contributed by atoms with Crippen molar-refractivity contribution in [2.24, 2.45) is 0 Å². The van der Waals surface area contributed by atoms with E-state index in [1.165, 1.54) is 11.2 Å². The van der Waals surface area contributed by atoms with Crippen LogP contribution >= 0.6 is 0 Å². The van der Waals surface area contributed by atoms with Crippen molar-refractivity contribution in [1.82, 2.24) is 34.4 Å². The van der Waals surface area contributed by atoms with Crippen LogP contribution in [0.2, 0.25) is 0 Å². The number of nitrogen functional groups attached to an aromatic ring is 2. The number of hydrogen-bond donors (Lipinski definition) is 5. The first-order valence-corrected chi connectivity index (χ1v) is 10.1. The number of nitrogens with two attached hydrogens (primary N) is 2. The van der Waals surface area contributed by atoms with E-state index in [2.05, 4.69) is 24.9 Å². The number of β-amino-alcohol motifs (C(OH)–C–C–N with tert-alkyl or cyclic N) is 1. The topological polar surface area (TPSA) is 185 Å². The van der Waals surface area contributed by atoms with E-state index in [-0.39, 0.29) is 37.2 Å². The van der Waals surface area contributed by atoms with Gasteiger partial charge in [-0.1, -0.05) is 0 Å². The Bertz CT molecular complexity index is 1330. The predicted octanol–water partition coefficient (Wildman–Crippen LogP) is 0.0661. The van der Waals surface area contributed by atoms with E-state index in [9.17, 15) is 15.0 Å². The first-order valence-electron chi connectivity index (χ1n) is 10.1. The largest absolute Gasteiger partial charge is 0.391 e. The smallest absolute Gasteiger partial charge is 0.254 e. The number of rotatable bonds is 2. The Morgan fingerprint density at radius 3 is 2.88 bits per heavy atom. The van der Waals surface area contributed by atoms with Crippen molar-refractivity contribution in [3.05, 3.63) is 36.4 Å². The van der Waals surface area contributed by atoms with Crippen molar-refractivity contribution >= 4 is 39.9 Å². The number of aliphatic hydroxyl groups is 2. The number of hydrogen-bond acceptors (Lipinski definition) is 9. The van der Waals surface area contributed by atoms with Crippen molar-refractivity contribution in [3.63, 3.8) is 0 Å². The molecule has 0 saturated carbocycles. The molecule has 0 radical (unpaired) electrons. The van der Waals surface area contributed by atoms with Gasteiger partial charge < -0.3 is 36.1 Å². The van der Waals surface area contributed by atoms with Crippen LogP contribution in [0.15, 0.2) is 30.9 Å². The van der Waals surface area contributed by atoms with Gasteiger partial charge in [-0.05, 0) is 25.1 Å². The molecule has 1 amide bonds. The van der Waals surface area contributed by atoms with Gasteiger partial charge in [0.15, 0.2) is 11.5 Å². The molecular formula is C20H23N9O3. The van der Waals surface area contributed by atoms with E-state index >= 15 is 0 Å². The van der Waals surface area contributed by atoms with Gasteiger partial charge >= 0.3 is 0 Å². The molecule has 0 spiro atoms. The SMILES string of the molecule is C[C@@]1(O)C[C@H](O)CN(C(=O)c2ccc3nc[nH]c3c2)C[C@H]1n1cnc2c(N)nc(N)nc21. The lowest BCUT2D eigenvalue weighted by Crippen LogP contribution is -2.42. The summed E-state index contributed by atoms with van der Waals surface area (Å²) in [6.07, 6.45) is 2.18. The molecule has 1 aliphatic rings. The number of aromatic nitrogens is 6. The number of carbonyl (C=O) groups excluding carboxylic acids is 1. The van der Waals surface area contributed by atoms with Crippen LogP contribution in [0, 0.1) is 0 Å². The highest BCUT2D eigenvalue weighted by Crippen LogP contribution is 2.34. The molecule has 7 N–H and O–H groups in total. The first kappa shape index (κ1) is 20.2. The maximum Gasteiger partial charge on any atom is 0.254 e. The molecule has 12 heteroatoms. The second-order valence-corrected chi connectivity index (χ2v) is 8.37. The molecule has 3 atom stereocenters. The summed E-state index contributed by atoms with van der Waals surface area (Å²) in [5, 5.41) is 21.9. The zero-order valence-corrected chi connectivity index (χ0v) is 17.3. The number of anilines is 2. The summed E-state index contributed by atoms with van der Waals surface area (Å²) >= 11 is 0. The molecule has 5 rings (SSSR count). The summed E-state index contributed by atoms with van der Waals surface area (Å²) in [6, 6.07) is 4.50. The van der Waals surface area contributed by atoms with Crippen molar-refractivity contribution in [3.8, 4) is 0 Å². The van der Waals surface area contributed by atoms with Crippen LogP contribution in [0.1, 0.15) is 29.7 Å². The van der Waals surface area contributed by atoms with Gasteiger partial charge in [0, 0.05) is 25.1 Å². The summed E-state index contributed by atoms with van der Waals surface area (Å²) in [7, 11) is 0. The molecule has 32 heavy (non-hydrogen) atoms. The highest BCUT2D eigenvalue weighted by molar-refractivity contribution is 5.97. The summed E-state index contributed by atoms with van der Waals surface area (Å²) < 4.78 is 1.64. The number of carbonyl (C=O) groups is 1. The number of amides is 1. The molecule has 1 fully saturated rings. The van der Waals surface area contributed by atoms with Crippen LogP contribution in [0.4, 0.5) is 11.8 Å². The first-order chi connectivity index (χ1) is 15.2. The second kappa shape index (κ2) is 7.14. The lowest BCUT2D eigenvalue weighted by molar-refractivity contribution is -0.0217. The third kappa shape index (κ3) is 3.29. The highest BCUT2D eigenvalue weighted by atomic mass is 16.3. The zero-order valence-electron chi connectivity index (χ0n) is 17.3. The summed E-state index contributed by atoms with van der Waals surface area (Å²) in [5.41, 5.74) is 13.0. The minimum absolute atomic E-state index is 0.0224. The van der Waals surface area contributed by atoms with E-state index in [0.717, 1.165) is 11.0 Å². The molecule has 0 bridgehead atoms. The fourth-order valence-corrected chi connectivity index (χ4v) is 4.40. The zero-order chi connectivity index (χ0) is 22.6. The summed E-state index contributed by atoms with van der Waals surface area (Å²) in [5.74, 6) is -0.174. The number of aromatic amines is 1. The second-order valence-electron chi connectivity index (χ2n) is 8.37. The van der Waals surface area contributed by atoms with E-state index in [1.54, 1.807) is 36.0 Å². The van der Waals surface area contributed by atoms with Crippen molar-refractivity contribution < 1.29 is 15.0 Å². The Labute approximate surface area is 181 Å². The third-order valence-corrected chi connectivity index (χ3v) is 5.95. The number of nitrogens with zero attached hydrogens (tertiary/aromatic N) is 6. The van der Waals surface area contributed by atoms with E-state index < -0.39 is 17.7 Å². The number of H-pyrrole nitrogens is 1. The predicted molar refractivity (Wildman–Crippen MR) is 116 cm³/mol. The monoisotopic (exact) mass is 437 g/mol. The van der Waals surface area contributed by atoms with E-state index in [1.807, 2.05) is 0 Å². The minimum Gasteiger partial charge on any atom is -0.391 e. The van der Waals surface area contributed by atoms with Crippen LogP contribution < -0.4 is 11.5 Å². The summed E-state index contributed by atoms with van der Waals surface area (Å²) in [4.78, 5) is 34.5. The standard InChI is InChI=1S/C20H23N9O3/c1-20(32)5-11(30)6-28(18(31)10-2-3-12-13(4-10)24-8-23-12)7-14(20)29-9-25-15-16(21)26-19(22)27-17(15)29/h2-4,8-9,11,14,30,32H,5-7H2,1H3,(H,23,24)(H4,21,22,26,27)/t11-,14+,20+/m0/s1. The summed E-state index contributed by atoms with van der Waals surface area (Å²) in [6.45, 7) is 1.79. The Hall–Kier alpha value is -3.77. The Kier molecular flexibility index (Phi) is 4.50. The maximum atomic E-state index is 13.4. The molecular weight excluding hydrogens is 414 g/mol. The van der Waals surface area contributed by atoms with Gasteiger partial charge in [0.05, 0.1) is 41.4 Å². The molecule has 0 unspecified atom stereocenters.